The van der Waals surface area contributed by atoms with E-state index in [0.717, 1.165) is 35.5 Å². The summed E-state index contributed by atoms with van der Waals surface area (Å²) in [4.78, 5) is 25.7. The Balaban J connectivity index is 1.32. The zero-order chi connectivity index (χ0) is 21.6. The number of amides is 1. The number of hydrogen-bond donors (Lipinski definition) is 1. The number of guanidine groups is 1. The minimum absolute atomic E-state index is 0.133. The highest BCUT2D eigenvalue weighted by atomic mass is 35.5. The zero-order valence-electron chi connectivity index (χ0n) is 17.6. The van der Waals surface area contributed by atoms with Gasteiger partial charge < -0.3 is 15.1 Å². The van der Waals surface area contributed by atoms with Crippen LogP contribution < -0.4 is 5.32 Å². The fraction of sp³-hybridized carbons (Fsp3) is 0.292. The first-order chi connectivity index (χ1) is 15.1. The van der Waals surface area contributed by atoms with E-state index in [1.165, 1.54) is 5.56 Å². The molecule has 3 aromatic rings. The van der Waals surface area contributed by atoms with Gasteiger partial charge in [-0.2, -0.15) is 0 Å². The van der Waals surface area contributed by atoms with Gasteiger partial charge in [-0.05, 0) is 35.4 Å². The first kappa shape index (κ1) is 21.1. The number of para-hydroxylation sites is 1. The van der Waals surface area contributed by atoms with Gasteiger partial charge >= 0.3 is 0 Å². The van der Waals surface area contributed by atoms with Crippen molar-refractivity contribution in [1.82, 2.24) is 20.1 Å². The highest BCUT2D eigenvalue weighted by Gasteiger charge is 2.23. The molecule has 2 heterocycles. The molecular weight excluding hydrogens is 410 g/mol. The van der Waals surface area contributed by atoms with Crippen LogP contribution in [-0.2, 0) is 17.8 Å². The molecular formula is C24H26ClN5O. The number of nitrogens with zero attached hydrogens (tertiary/aromatic N) is 4. The summed E-state index contributed by atoms with van der Waals surface area (Å²) in [5, 5.41) is 5.27. The first-order valence-electron chi connectivity index (χ1n) is 10.4. The predicted octanol–water partition coefficient (Wildman–Crippen LogP) is 3.35. The van der Waals surface area contributed by atoms with Crippen LogP contribution in [0.15, 0.2) is 65.8 Å². The van der Waals surface area contributed by atoms with Gasteiger partial charge in [0, 0.05) is 56.4 Å². The Morgan fingerprint density at radius 1 is 1.06 bits per heavy atom. The monoisotopic (exact) mass is 435 g/mol. The summed E-state index contributed by atoms with van der Waals surface area (Å²) in [7, 11) is 1.80. The molecule has 160 valence electrons. The van der Waals surface area contributed by atoms with Gasteiger partial charge in [-0.3, -0.25) is 14.8 Å². The molecule has 1 fully saturated rings. The minimum atomic E-state index is 0.133. The van der Waals surface area contributed by atoms with E-state index in [2.05, 4.69) is 26.3 Å². The maximum Gasteiger partial charge on any atom is 0.227 e. The number of nitrogens with one attached hydrogen (secondary N) is 1. The molecule has 7 heteroatoms. The van der Waals surface area contributed by atoms with Crippen LogP contribution in [0.2, 0.25) is 5.02 Å². The van der Waals surface area contributed by atoms with E-state index in [1.54, 1.807) is 7.05 Å². The van der Waals surface area contributed by atoms with E-state index < -0.39 is 0 Å². The second-order valence-electron chi connectivity index (χ2n) is 7.56. The molecule has 1 aromatic heterocycles. The molecule has 0 saturated carbocycles. The average Bonchev–Trinajstić information content (AvgIpc) is 2.80. The molecule has 4 rings (SSSR count). The van der Waals surface area contributed by atoms with Gasteiger partial charge in [-0.25, -0.2) is 0 Å². The number of piperazine rings is 1. The molecule has 0 bridgehead atoms. The van der Waals surface area contributed by atoms with Crippen LogP contribution in [0, 0.1) is 0 Å². The average molecular weight is 436 g/mol. The molecule has 0 atom stereocenters. The molecule has 1 amide bonds. The number of benzene rings is 2. The third-order valence-electron chi connectivity index (χ3n) is 5.56. The molecule has 1 saturated heterocycles. The number of hydrogen-bond acceptors (Lipinski definition) is 3. The number of halogens is 1. The van der Waals surface area contributed by atoms with Gasteiger partial charge in [0.05, 0.1) is 11.9 Å². The van der Waals surface area contributed by atoms with Gasteiger partial charge in [-0.15, -0.1) is 0 Å². The van der Waals surface area contributed by atoms with E-state index in [9.17, 15) is 4.79 Å². The van der Waals surface area contributed by atoms with Crippen molar-refractivity contribution < 1.29 is 4.79 Å². The Kier molecular flexibility index (Phi) is 6.67. The number of aromatic nitrogens is 1. The molecule has 0 spiro atoms. The Bertz CT molecular complexity index is 1090. The fourth-order valence-electron chi connectivity index (χ4n) is 3.92. The topological polar surface area (TPSA) is 60.8 Å². The van der Waals surface area contributed by atoms with E-state index in [4.69, 9.17) is 11.6 Å². The first-order valence-corrected chi connectivity index (χ1v) is 10.8. The summed E-state index contributed by atoms with van der Waals surface area (Å²) in [6.45, 7) is 3.52. The standard InChI is InChI=1S/C24H26ClN5O/c1-26-24(28-17-19-9-10-27-22-8-3-2-7-21(19)22)30-13-11-29(12-14-30)23(31)16-18-5-4-6-20(25)15-18/h2-10,15H,11-14,16-17H2,1H3,(H,26,28). The molecule has 1 aliphatic rings. The quantitative estimate of drug-likeness (QED) is 0.504. The minimum Gasteiger partial charge on any atom is -0.352 e. The van der Waals surface area contributed by atoms with Crippen LogP contribution in [-0.4, -0.2) is 59.9 Å². The largest absolute Gasteiger partial charge is 0.352 e. The molecule has 6 nitrogen and oxygen atoms in total. The molecule has 0 radical (unpaired) electrons. The van der Waals surface area contributed by atoms with Crippen molar-refractivity contribution >= 4 is 34.4 Å². The van der Waals surface area contributed by atoms with Gasteiger partial charge in [0.25, 0.3) is 0 Å². The Morgan fingerprint density at radius 2 is 1.84 bits per heavy atom. The van der Waals surface area contributed by atoms with Crippen molar-refractivity contribution in [2.75, 3.05) is 33.2 Å². The Hall–Kier alpha value is -3.12. The third-order valence-corrected chi connectivity index (χ3v) is 5.80. The highest BCUT2D eigenvalue weighted by molar-refractivity contribution is 6.30. The van der Waals surface area contributed by atoms with Crippen molar-refractivity contribution in [3.63, 3.8) is 0 Å². The normalized spacial score (nSPS) is 14.7. The SMILES string of the molecule is CN=C(NCc1ccnc2ccccc12)N1CCN(C(=O)Cc2cccc(Cl)c2)CC1. The summed E-state index contributed by atoms with van der Waals surface area (Å²) in [6.07, 6.45) is 2.22. The lowest BCUT2D eigenvalue weighted by Crippen LogP contribution is -2.53. The number of pyridine rings is 1. The van der Waals surface area contributed by atoms with Crippen molar-refractivity contribution in [3.05, 3.63) is 76.9 Å². The predicted molar refractivity (Wildman–Crippen MR) is 125 cm³/mol. The van der Waals surface area contributed by atoms with Crippen LogP contribution in [0.3, 0.4) is 0 Å². The van der Waals surface area contributed by atoms with Crippen LogP contribution in [0.1, 0.15) is 11.1 Å². The van der Waals surface area contributed by atoms with Crippen molar-refractivity contribution in [2.24, 2.45) is 4.99 Å². The van der Waals surface area contributed by atoms with E-state index in [0.29, 0.717) is 31.1 Å². The zero-order valence-corrected chi connectivity index (χ0v) is 18.3. The van der Waals surface area contributed by atoms with Gasteiger partial charge in [0.2, 0.25) is 5.91 Å². The van der Waals surface area contributed by atoms with Crippen LogP contribution >= 0.6 is 11.6 Å². The van der Waals surface area contributed by atoms with Gasteiger partial charge in [0.1, 0.15) is 0 Å². The lowest BCUT2D eigenvalue weighted by Gasteiger charge is -2.36. The maximum absolute atomic E-state index is 12.7. The van der Waals surface area contributed by atoms with Crippen LogP contribution in [0.4, 0.5) is 0 Å². The van der Waals surface area contributed by atoms with Crippen LogP contribution in [0.5, 0.6) is 0 Å². The number of rotatable bonds is 4. The van der Waals surface area contributed by atoms with Gasteiger partial charge in [-0.1, -0.05) is 41.9 Å². The van der Waals surface area contributed by atoms with E-state index in [-0.39, 0.29) is 5.91 Å². The number of carbonyl (C=O) groups is 1. The molecule has 2 aromatic carbocycles. The number of aliphatic imine (C=N–C) groups is 1. The lowest BCUT2D eigenvalue weighted by atomic mass is 10.1. The van der Waals surface area contributed by atoms with Crippen molar-refractivity contribution in [3.8, 4) is 0 Å². The second-order valence-corrected chi connectivity index (χ2v) is 8.00. The Labute approximate surface area is 187 Å². The second kappa shape index (κ2) is 9.79. The van der Waals surface area contributed by atoms with Crippen molar-refractivity contribution in [1.29, 1.82) is 0 Å². The summed E-state index contributed by atoms with van der Waals surface area (Å²) < 4.78 is 0. The third kappa shape index (κ3) is 5.14. The number of fused-ring (bicyclic) bond motifs is 1. The summed E-state index contributed by atoms with van der Waals surface area (Å²) in [5.41, 5.74) is 3.12. The highest BCUT2D eigenvalue weighted by Crippen LogP contribution is 2.16. The fourth-order valence-corrected chi connectivity index (χ4v) is 4.13. The van der Waals surface area contributed by atoms with E-state index in [1.807, 2.05) is 59.6 Å². The molecule has 0 unspecified atom stereocenters. The van der Waals surface area contributed by atoms with E-state index >= 15 is 0 Å². The molecule has 1 N–H and O–H groups in total. The molecule has 1 aliphatic heterocycles. The summed E-state index contributed by atoms with van der Waals surface area (Å²) in [6, 6.07) is 17.7. The molecule has 31 heavy (non-hydrogen) atoms. The van der Waals surface area contributed by atoms with Crippen molar-refractivity contribution in [2.45, 2.75) is 13.0 Å². The van der Waals surface area contributed by atoms with Gasteiger partial charge in [0.15, 0.2) is 5.96 Å². The smallest absolute Gasteiger partial charge is 0.227 e. The maximum atomic E-state index is 12.7. The number of carbonyl (C=O) groups excluding carboxylic acids is 1. The Morgan fingerprint density at radius 3 is 2.61 bits per heavy atom. The molecule has 0 aliphatic carbocycles. The van der Waals surface area contributed by atoms with Crippen LogP contribution in [0.25, 0.3) is 10.9 Å². The summed E-state index contributed by atoms with van der Waals surface area (Å²) >= 11 is 6.03. The summed E-state index contributed by atoms with van der Waals surface area (Å²) in [5.74, 6) is 0.982. The lowest BCUT2D eigenvalue weighted by molar-refractivity contribution is -0.131.